The van der Waals surface area contributed by atoms with Gasteiger partial charge < -0.3 is 14.8 Å². The third-order valence-electron chi connectivity index (χ3n) is 3.38. The monoisotopic (exact) mass is 296 g/mol. The number of aliphatic hydroxyl groups is 1. The molecule has 0 radical (unpaired) electrons. The van der Waals surface area contributed by atoms with Gasteiger partial charge in [0.1, 0.15) is 11.9 Å². The first-order valence-electron chi connectivity index (χ1n) is 6.51. The number of benzene rings is 1. The van der Waals surface area contributed by atoms with Crippen molar-refractivity contribution in [2.45, 2.75) is 38.8 Å². The van der Waals surface area contributed by atoms with E-state index in [1.807, 2.05) is 24.5 Å². The third-order valence-corrected chi connectivity index (χ3v) is 3.61. The first-order chi connectivity index (χ1) is 9.43. The Morgan fingerprint density at radius 1 is 1.50 bits per heavy atom. The van der Waals surface area contributed by atoms with E-state index in [0.29, 0.717) is 16.4 Å². The number of fused-ring (bicyclic) bond motifs is 1. The minimum absolute atomic E-state index is 0.111. The first-order valence-corrected chi connectivity index (χ1v) is 6.89. The van der Waals surface area contributed by atoms with E-state index in [1.165, 1.54) is 0 Å². The molecular weight excluding hydrogens is 280 g/mol. The number of nitrogens with zero attached hydrogens (tertiary/aromatic N) is 2. The number of hydrogen-bond acceptors (Lipinski definition) is 3. The largest absolute Gasteiger partial charge is 0.481 e. The summed E-state index contributed by atoms with van der Waals surface area (Å²) < 4.78 is 1.89. The second-order valence-electron chi connectivity index (χ2n) is 4.84. The molecule has 1 heterocycles. The van der Waals surface area contributed by atoms with Gasteiger partial charge in [-0.25, -0.2) is 4.98 Å². The maximum absolute atomic E-state index is 10.8. The van der Waals surface area contributed by atoms with Gasteiger partial charge in [0.2, 0.25) is 0 Å². The summed E-state index contributed by atoms with van der Waals surface area (Å²) in [7, 11) is 0. The van der Waals surface area contributed by atoms with Crippen LogP contribution >= 0.6 is 11.6 Å². The molecule has 6 heteroatoms. The highest BCUT2D eigenvalue weighted by Gasteiger charge is 2.22. The van der Waals surface area contributed by atoms with Gasteiger partial charge in [-0.15, -0.1) is 0 Å². The summed E-state index contributed by atoms with van der Waals surface area (Å²) in [6.45, 7) is 4.03. The van der Waals surface area contributed by atoms with Crippen LogP contribution in [0.2, 0.25) is 5.02 Å². The second kappa shape index (κ2) is 5.81. The van der Waals surface area contributed by atoms with E-state index in [0.717, 1.165) is 11.9 Å². The molecule has 5 nitrogen and oxygen atoms in total. The highest BCUT2D eigenvalue weighted by Crippen LogP contribution is 2.29. The molecule has 0 spiro atoms. The molecule has 1 aromatic carbocycles. The van der Waals surface area contributed by atoms with Crippen LogP contribution in [-0.4, -0.2) is 25.7 Å². The van der Waals surface area contributed by atoms with Crippen LogP contribution in [0.15, 0.2) is 18.2 Å². The van der Waals surface area contributed by atoms with E-state index in [2.05, 4.69) is 4.98 Å². The normalized spacial score (nSPS) is 14.4. The van der Waals surface area contributed by atoms with Crippen molar-refractivity contribution in [3.8, 4) is 0 Å². The van der Waals surface area contributed by atoms with Crippen LogP contribution in [0.1, 0.15) is 44.7 Å². The number of aliphatic carboxylic acids is 1. The van der Waals surface area contributed by atoms with Crippen LogP contribution in [0.25, 0.3) is 11.0 Å². The molecule has 20 heavy (non-hydrogen) atoms. The molecule has 108 valence electrons. The summed E-state index contributed by atoms with van der Waals surface area (Å²) in [4.78, 5) is 15.1. The number of carbonyl (C=O) groups is 1. The minimum Gasteiger partial charge on any atom is -0.481 e. The second-order valence-corrected chi connectivity index (χ2v) is 5.28. The molecule has 0 fully saturated rings. The minimum atomic E-state index is -1.13. The van der Waals surface area contributed by atoms with E-state index in [9.17, 15) is 9.90 Å². The van der Waals surface area contributed by atoms with Crippen molar-refractivity contribution in [1.29, 1.82) is 0 Å². The maximum atomic E-state index is 10.8. The maximum Gasteiger partial charge on any atom is 0.306 e. The topological polar surface area (TPSA) is 75.4 Å². The van der Waals surface area contributed by atoms with Crippen molar-refractivity contribution in [2.24, 2.45) is 0 Å². The number of aromatic nitrogens is 2. The highest BCUT2D eigenvalue weighted by molar-refractivity contribution is 6.31. The number of carboxylic acid groups (broad SMARTS) is 1. The average Bonchev–Trinajstić information content (AvgIpc) is 2.75. The fourth-order valence-corrected chi connectivity index (χ4v) is 2.39. The van der Waals surface area contributed by atoms with E-state index in [1.54, 1.807) is 12.1 Å². The van der Waals surface area contributed by atoms with Crippen LogP contribution < -0.4 is 0 Å². The molecule has 0 unspecified atom stereocenters. The van der Waals surface area contributed by atoms with Gasteiger partial charge in [0.05, 0.1) is 17.5 Å². The molecule has 2 atom stereocenters. The molecule has 1 aromatic heterocycles. The summed E-state index contributed by atoms with van der Waals surface area (Å²) >= 11 is 5.95. The molecule has 2 N–H and O–H groups in total. The van der Waals surface area contributed by atoms with Crippen molar-refractivity contribution < 1.29 is 15.0 Å². The van der Waals surface area contributed by atoms with E-state index >= 15 is 0 Å². The van der Waals surface area contributed by atoms with Gasteiger partial charge >= 0.3 is 5.97 Å². The zero-order valence-corrected chi connectivity index (χ0v) is 12.1. The zero-order chi connectivity index (χ0) is 14.9. The standard InChI is InChI=1S/C14H17ClN2O3/c1-3-8(2)17-11-5-4-9(15)6-10(11)16-14(17)12(18)7-13(19)20/h4-6,8,12,18H,3,7H2,1-2H3,(H,19,20)/t8-,12+/m0/s1. The quantitative estimate of drug-likeness (QED) is 0.888. The van der Waals surface area contributed by atoms with Crippen molar-refractivity contribution in [3.63, 3.8) is 0 Å². The van der Waals surface area contributed by atoms with Gasteiger partial charge in [-0.05, 0) is 31.5 Å². The van der Waals surface area contributed by atoms with Crippen LogP contribution in [0.3, 0.4) is 0 Å². The summed E-state index contributed by atoms with van der Waals surface area (Å²) in [6, 6.07) is 5.43. The smallest absolute Gasteiger partial charge is 0.306 e. The fraction of sp³-hybridized carbons (Fsp3) is 0.429. The van der Waals surface area contributed by atoms with E-state index in [-0.39, 0.29) is 12.5 Å². The Balaban J connectivity index is 2.59. The van der Waals surface area contributed by atoms with Gasteiger partial charge in [0, 0.05) is 11.1 Å². The molecule has 0 aliphatic carbocycles. The number of rotatable bonds is 5. The number of aliphatic hydroxyl groups excluding tert-OH is 1. The van der Waals surface area contributed by atoms with Gasteiger partial charge in [0.25, 0.3) is 0 Å². The lowest BCUT2D eigenvalue weighted by Gasteiger charge is -2.18. The van der Waals surface area contributed by atoms with Crippen molar-refractivity contribution in [3.05, 3.63) is 29.0 Å². The lowest BCUT2D eigenvalue weighted by Crippen LogP contribution is -2.15. The Kier molecular flexibility index (Phi) is 4.30. The molecule has 0 saturated carbocycles. The van der Waals surface area contributed by atoms with Gasteiger partial charge in [-0.3, -0.25) is 4.79 Å². The summed E-state index contributed by atoms with van der Waals surface area (Å²) in [5.74, 6) is -0.683. The molecule has 0 aliphatic heterocycles. The lowest BCUT2D eigenvalue weighted by molar-refractivity contribution is -0.139. The zero-order valence-electron chi connectivity index (χ0n) is 11.4. The number of imidazole rings is 1. The molecule has 0 saturated heterocycles. The van der Waals surface area contributed by atoms with Crippen molar-refractivity contribution >= 4 is 28.6 Å². The molecule has 0 aliphatic rings. The Labute approximate surface area is 121 Å². The molecule has 0 bridgehead atoms. The summed E-state index contributed by atoms with van der Waals surface area (Å²) in [6.07, 6.45) is -0.651. The fourth-order valence-electron chi connectivity index (χ4n) is 2.23. The number of carboxylic acids is 1. The Hall–Kier alpha value is -1.59. The van der Waals surface area contributed by atoms with Crippen LogP contribution in [-0.2, 0) is 4.79 Å². The summed E-state index contributed by atoms with van der Waals surface area (Å²) in [5, 5.41) is 19.5. The molecule has 2 rings (SSSR count). The van der Waals surface area contributed by atoms with Crippen LogP contribution in [0, 0.1) is 0 Å². The van der Waals surface area contributed by atoms with E-state index < -0.39 is 12.1 Å². The first kappa shape index (κ1) is 14.8. The summed E-state index contributed by atoms with van der Waals surface area (Å²) in [5.41, 5.74) is 1.51. The van der Waals surface area contributed by atoms with Gasteiger partial charge in [0.15, 0.2) is 0 Å². The third kappa shape index (κ3) is 2.78. The Bertz CT molecular complexity index is 639. The Morgan fingerprint density at radius 2 is 2.20 bits per heavy atom. The SMILES string of the molecule is CC[C@H](C)n1c([C@H](O)CC(=O)O)nc2cc(Cl)ccc21. The average molecular weight is 297 g/mol. The van der Waals surface area contributed by atoms with Crippen molar-refractivity contribution in [1.82, 2.24) is 9.55 Å². The van der Waals surface area contributed by atoms with Crippen molar-refractivity contribution in [2.75, 3.05) is 0 Å². The predicted molar refractivity (Wildman–Crippen MR) is 77.0 cm³/mol. The number of hydrogen-bond donors (Lipinski definition) is 2. The van der Waals surface area contributed by atoms with E-state index in [4.69, 9.17) is 16.7 Å². The van der Waals surface area contributed by atoms with Crippen LogP contribution in [0.4, 0.5) is 0 Å². The number of halogens is 1. The highest BCUT2D eigenvalue weighted by atomic mass is 35.5. The van der Waals surface area contributed by atoms with Gasteiger partial charge in [-0.1, -0.05) is 18.5 Å². The Morgan fingerprint density at radius 3 is 2.80 bits per heavy atom. The van der Waals surface area contributed by atoms with Crippen LogP contribution in [0.5, 0.6) is 0 Å². The predicted octanol–water partition coefficient (Wildman–Crippen LogP) is 3.17. The lowest BCUT2D eigenvalue weighted by atomic mass is 10.2. The molecular formula is C14H17ClN2O3. The molecule has 2 aromatic rings. The molecule has 0 amide bonds. The van der Waals surface area contributed by atoms with Gasteiger partial charge in [-0.2, -0.15) is 0 Å².